The Morgan fingerprint density at radius 1 is 1.31 bits per heavy atom. The summed E-state index contributed by atoms with van der Waals surface area (Å²) in [4.78, 5) is 2.00. The fourth-order valence-electron chi connectivity index (χ4n) is 0.888. The molecule has 16 heavy (non-hydrogen) atoms. The summed E-state index contributed by atoms with van der Waals surface area (Å²) in [6, 6.07) is 9.04. The van der Waals surface area contributed by atoms with Gasteiger partial charge in [-0.3, -0.25) is 5.43 Å². The molecular weight excluding hydrogens is 246 g/mol. The molecule has 0 amide bonds. The van der Waals surface area contributed by atoms with E-state index in [4.69, 9.17) is 5.73 Å². The van der Waals surface area contributed by atoms with Gasteiger partial charge in [0.15, 0.2) is 5.11 Å². The lowest BCUT2D eigenvalue weighted by molar-refractivity contribution is 0.587. The zero-order valence-corrected chi connectivity index (χ0v) is 9.88. The molecule has 7 heteroatoms. The van der Waals surface area contributed by atoms with Crippen molar-refractivity contribution in [3.8, 4) is 0 Å². The number of sulfonamides is 1. The molecule has 1 rings (SSSR count). The Kier molecular flexibility index (Phi) is 4.41. The minimum absolute atomic E-state index is 0.142. The third-order valence-corrected chi connectivity index (χ3v) is 2.54. The molecule has 0 aliphatic rings. The molecule has 0 heterocycles. The largest absolute Gasteiger partial charge is 0.375 e. The molecular formula is C9H11N3O2S2. The Morgan fingerprint density at radius 3 is 2.50 bits per heavy atom. The average Bonchev–Trinajstić information content (AvgIpc) is 2.26. The smallest absolute Gasteiger partial charge is 0.250 e. The Balaban J connectivity index is 2.66. The molecule has 0 aromatic heterocycles. The molecule has 4 N–H and O–H groups in total. The zero-order valence-electron chi connectivity index (χ0n) is 8.25. The lowest BCUT2D eigenvalue weighted by Crippen LogP contribution is -2.43. The first kappa shape index (κ1) is 12.6. The molecule has 86 valence electrons. The summed E-state index contributed by atoms with van der Waals surface area (Å²) in [6.07, 6.45) is 1.46. The van der Waals surface area contributed by atoms with E-state index in [1.165, 1.54) is 6.08 Å². The number of nitrogens with one attached hydrogen (secondary N) is 2. The van der Waals surface area contributed by atoms with E-state index in [-0.39, 0.29) is 5.11 Å². The van der Waals surface area contributed by atoms with E-state index in [0.29, 0.717) is 0 Å². The maximum atomic E-state index is 11.3. The summed E-state index contributed by atoms with van der Waals surface area (Å²) >= 11 is 4.46. The van der Waals surface area contributed by atoms with Gasteiger partial charge in [0.2, 0.25) is 0 Å². The Morgan fingerprint density at radius 2 is 1.94 bits per heavy atom. The van der Waals surface area contributed by atoms with Crippen molar-refractivity contribution in [3.05, 3.63) is 41.3 Å². The minimum atomic E-state index is -3.58. The lowest BCUT2D eigenvalue weighted by Gasteiger charge is -2.03. The van der Waals surface area contributed by atoms with E-state index < -0.39 is 10.0 Å². The second-order valence-corrected chi connectivity index (χ2v) is 4.86. The van der Waals surface area contributed by atoms with Crippen LogP contribution in [0.1, 0.15) is 5.56 Å². The van der Waals surface area contributed by atoms with E-state index in [9.17, 15) is 8.42 Å². The van der Waals surface area contributed by atoms with Crippen molar-refractivity contribution in [2.45, 2.75) is 0 Å². The number of hydrazine groups is 1. The summed E-state index contributed by atoms with van der Waals surface area (Å²) in [5.41, 5.74) is 8.00. The number of hydrogen-bond acceptors (Lipinski definition) is 3. The van der Waals surface area contributed by atoms with Crippen molar-refractivity contribution in [2.24, 2.45) is 5.73 Å². The third kappa shape index (κ3) is 4.87. The average molecular weight is 257 g/mol. The molecule has 1 aromatic carbocycles. The van der Waals surface area contributed by atoms with Crippen molar-refractivity contribution < 1.29 is 8.42 Å². The van der Waals surface area contributed by atoms with Crippen LogP contribution in [0.15, 0.2) is 35.7 Å². The highest BCUT2D eigenvalue weighted by Gasteiger charge is 2.03. The first-order valence-electron chi connectivity index (χ1n) is 4.30. The van der Waals surface area contributed by atoms with Gasteiger partial charge in [-0.2, -0.15) is 0 Å². The molecule has 0 radical (unpaired) electrons. The van der Waals surface area contributed by atoms with Gasteiger partial charge in [-0.25, -0.2) is 8.42 Å². The van der Waals surface area contributed by atoms with Gasteiger partial charge >= 0.3 is 0 Å². The molecule has 0 saturated heterocycles. The molecule has 1 aromatic rings. The number of rotatable bonds is 4. The number of nitrogens with two attached hydrogens (primary N) is 1. The minimum Gasteiger partial charge on any atom is -0.375 e. The van der Waals surface area contributed by atoms with Crippen LogP contribution in [0, 0.1) is 0 Å². The maximum absolute atomic E-state index is 11.3. The van der Waals surface area contributed by atoms with Gasteiger partial charge in [-0.05, 0) is 23.9 Å². The fourth-order valence-corrected chi connectivity index (χ4v) is 1.66. The van der Waals surface area contributed by atoms with E-state index in [1.807, 2.05) is 23.0 Å². The number of benzene rings is 1. The van der Waals surface area contributed by atoms with Crippen molar-refractivity contribution in [1.29, 1.82) is 0 Å². The van der Waals surface area contributed by atoms with Gasteiger partial charge in [-0.1, -0.05) is 30.3 Å². The van der Waals surface area contributed by atoms with Crippen LogP contribution in [0.25, 0.3) is 6.08 Å². The summed E-state index contributed by atoms with van der Waals surface area (Å²) in [5, 5.41) is 0.879. The van der Waals surface area contributed by atoms with Crippen molar-refractivity contribution in [1.82, 2.24) is 10.3 Å². The Hall–Kier alpha value is -1.44. The van der Waals surface area contributed by atoms with Crippen molar-refractivity contribution in [2.75, 3.05) is 0 Å². The molecule has 0 aliphatic carbocycles. The van der Waals surface area contributed by atoms with Crippen LogP contribution in [0.5, 0.6) is 0 Å². The van der Waals surface area contributed by atoms with Crippen LogP contribution in [0.3, 0.4) is 0 Å². The summed E-state index contributed by atoms with van der Waals surface area (Å²) in [5.74, 6) is 0. The Bertz CT molecular complexity index is 483. The van der Waals surface area contributed by atoms with Crippen LogP contribution in [0.4, 0.5) is 0 Å². The van der Waals surface area contributed by atoms with Crippen molar-refractivity contribution in [3.63, 3.8) is 0 Å². The lowest BCUT2D eigenvalue weighted by atomic mass is 10.2. The molecule has 0 aliphatic heterocycles. The standard InChI is InChI=1S/C9H11N3O2S2/c10-9(15)11-12-16(13,14)7-6-8-4-2-1-3-5-8/h1-7,12H,(H3,10,11,15). The first-order chi connectivity index (χ1) is 7.49. The van der Waals surface area contributed by atoms with Gasteiger partial charge in [0.25, 0.3) is 10.0 Å². The summed E-state index contributed by atoms with van der Waals surface area (Å²) in [7, 11) is -3.58. The second-order valence-electron chi connectivity index (χ2n) is 2.85. The molecule has 0 atom stereocenters. The van der Waals surface area contributed by atoms with E-state index >= 15 is 0 Å². The summed E-state index contributed by atoms with van der Waals surface area (Å²) in [6.45, 7) is 0. The third-order valence-electron chi connectivity index (χ3n) is 1.56. The van der Waals surface area contributed by atoms with Crippen LogP contribution >= 0.6 is 12.2 Å². The van der Waals surface area contributed by atoms with Gasteiger partial charge in [0, 0.05) is 5.41 Å². The second kappa shape index (κ2) is 5.59. The summed E-state index contributed by atoms with van der Waals surface area (Å²) < 4.78 is 22.7. The van der Waals surface area contributed by atoms with Gasteiger partial charge in [-0.15, -0.1) is 4.83 Å². The predicted octanol–water partition coefficient (Wildman–Crippen LogP) is 0.325. The Labute approximate surface area is 99.4 Å². The van der Waals surface area contributed by atoms with Crippen LogP contribution in [-0.4, -0.2) is 13.5 Å². The van der Waals surface area contributed by atoms with Crippen molar-refractivity contribution >= 4 is 33.4 Å². The molecule has 0 unspecified atom stereocenters. The first-order valence-corrected chi connectivity index (χ1v) is 6.25. The maximum Gasteiger partial charge on any atom is 0.250 e. The van der Waals surface area contributed by atoms with Gasteiger partial charge in [0.1, 0.15) is 0 Å². The van der Waals surface area contributed by atoms with Crippen LogP contribution in [0.2, 0.25) is 0 Å². The van der Waals surface area contributed by atoms with Crippen LogP contribution in [-0.2, 0) is 10.0 Å². The zero-order chi connectivity index (χ0) is 12.0. The van der Waals surface area contributed by atoms with Gasteiger partial charge in [0.05, 0.1) is 0 Å². The van der Waals surface area contributed by atoms with E-state index in [1.54, 1.807) is 12.1 Å². The molecule has 0 spiro atoms. The monoisotopic (exact) mass is 257 g/mol. The van der Waals surface area contributed by atoms with Crippen LogP contribution < -0.4 is 16.0 Å². The highest BCUT2D eigenvalue weighted by molar-refractivity contribution is 7.92. The normalized spacial score (nSPS) is 11.5. The molecule has 0 saturated carbocycles. The fraction of sp³-hybridized carbons (Fsp3) is 0. The van der Waals surface area contributed by atoms with Gasteiger partial charge < -0.3 is 5.73 Å². The topological polar surface area (TPSA) is 84.2 Å². The predicted molar refractivity (Wildman–Crippen MR) is 67.5 cm³/mol. The highest BCUT2D eigenvalue weighted by atomic mass is 32.2. The molecule has 0 fully saturated rings. The quantitative estimate of drug-likeness (QED) is 0.534. The molecule has 0 bridgehead atoms. The van der Waals surface area contributed by atoms with E-state index in [0.717, 1.165) is 11.0 Å². The highest BCUT2D eigenvalue weighted by Crippen LogP contribution is 2.02. The van der Waals surface area contributed by atoms with E-state index in [2.05, 4.69) is 17.6 Å². The number of thiocarbonyl (C=S) groups is 1. The number of hydrogen-bond donors (Lipinski definition) is 3. The molecule has 5 nitrogen and oxygen atoms in total. The SMILES string of the molecule is NC(=S)NNS(=O)(=O)C=Cc1ccccc1.